The van der Waals surface area contributed by atoms with Gasteiger partial charge in [-0.3, -0.25) is 19.2 Å². The summed E-state index contributed by atoms with van der Waals surface area (Å²) in [5.74, 6) is -3.83. The summed E-state index contributed by atoms with van der Waals surface area (Å²) in [6.45, 7) is -0.782. The Labute approximate surface area is 119 Å². The SMILES string of the molecule is NC(=O)CC(O)C(N)=O.NCC(=O)O.N[C@@H](CO)C(=O)O. The minimum absolute atomic E-state index is 0.278. The van der Waals surface area contributed by atoms with Gasteiger partial charge in [-0.25, -0.2) is 0 Å². The Bertz CT molecular complexity index is 349. The molecule has 0 saturated carbocycles. The van der Waals surface area contributed by atoms with Gasteiger partial charge < -0.3 is 43.4 Å². The molecule has 0 spiro atoms. The number of nitrogens with two attached hydrogens (primary N) is 4. The molecule has 0 rings (SSSR count). The van der Waals surface area contributed by atoms with E-state index in [-0.39, 0.29) is 6.54 Å². The summed E-state index contributed by atoms with van der Waals surface area (Å²) in [6.07, 6.45) is -1.85. The summed E-state index contributed by atoms with van der Waals surface area (Å²) >= 11 is 0. The standard InChI is InChI=1S/C4H8N2O3.C3H7NO3.C2H5NO2/c5-3(8)1-2(7)4(6)9;4-2(1-5)3(6)7;3-1-2(4)5/h2,7H,1H2,(H2,5,8)(H2,6,9);2,5H,1,4H2,(H,6,7);1,3H2,(H,4,5)/t;2-;/m.0./s1. The predicted octanol–water partition coefficient (Wildman–Crippen LogP) is -4.87. The average Bonchev–Trinajstić information content (AvgIpc) is 2.38. The highest BCUT2D eigenvalue weighted by molar-refractivity contribution is 5.85. The van der Waals surface area contributed by atoms with Crippen molar-refractivity contribution in [1.82, 2.24) is 0 Å². The lowest BCUT2D eigenvalue weighted by molar-refractivity contribution is -0.139. The summed E-state index contributed by atoms with van der Waals surface area (Å²) in [7, 11) is 0. The molecule has 0 saturated heterocycles. The number of rotatable bonds is 6. The van der Waals surface area contributed by atoms with Gasteiger partial charge in [0.05, 0.1) is 19.6 Å². The van der Waals surface area contributed by atoms with Gasteiger partial charge >= 0.3 is 11.9 Å². The monoisotopic (exact) mass is 312 g/mol. The molecule has 21 heavy (non-hydrogen) atoms. The van der Waals surface area contributed by atoms with Crippen molar-refractivity contribution in [2.24, 2.45) is 22.9 Å². The maximum Gasteiger partial charge on any atom is 0.322 e. The van der Waals surface area contributed by atoms with Gasteiger partial charge in [-0.1, -0.05) is 0 Å². The quantitative estimate of drug-likeness (QED) is 0.232. The van der Waals surface area contributed by atoms with Gasteiger partial charge in [0.2, 0.25) is 11.8 Å². The van der Waals surface area contributed by atoms with Gasteiger partial charge in [0.25, 0.3) is 0 Å². The minimum Gasteiger partial charge on any atom is -0.480 e. The summed E-state index contributed by atoms with van der Waals surface area (Å²) in [5, 5.41) is 32.0. The van der Waals surface area contributed by atoms with Crippen molar-refractivity contribution in [3.05, 3.63) is 0 Å². The third kappa shape index (κ3) is 23.3. The van der Waals surface area contributed by atoms with Crippen molar-refractivity contribution in [2.45, 2.75) is 18.6 Å². The van der Waals surface area contributed by atoms with Crippen molar-refractivity contribution in [3.63, 3.8) is 0 Å². The average molecular weight is 312 g/mol. The lowest BCUT2D eigenvalue weighted by Gasteiger charge is -2.00. The third-order valence-electron chi connectivity index (χ3n) is 1.41. The highest BCUT2D eigenvalue weighted by Crippen LogP contribution is 1.86. The first-order valence-corrected chi connectivity index (χ1v) is 5.26. The van der Waals surface area contributed by atoms with Crippen LogP contribution in [-0.4, -0.2) is 69.5 Å². The number of carboxylic acid groups (broad SMARTS) is 2. The Balaban J connectivity index is -0.000000242. The van der Waals surface area contributed by atoms with Crippen LogP contribution in [0.2, 0.25) is 0 Å². The molecule has 0 radical (unpaired) electrons. The molecule has 0 heterocycles. The molecule has 0 aliphatic heterocycles. The van der Waals surface area contributed by atoms with Crippen LogP contribution >= 0.6 is 0 Å². The number of aliphatic carboxylic acids is 2. The number of amides is 2. The molecule has 12 heteroatoms. The molecule has 0 aromatic rings. The van der Waals surface area contributed by atoms with Gasteiger partial charge in [-0.15, -0.1) is 0 Å². The van der Waals surface area contributed by atoms with E-state index in [1.165, 1.54) is 0 Å². The molecule has 12 N–H and O–H groups in total. The predicted molar refractivity (Wildman–Crippen MR) is 68.4 cm³/mol. The van der Waals surface area contributed by atoms with Crippen LogP contribution in [-0.2, 0) is 19.2 Å². The van der Waals surface area contributed by atoms with Crippen LogP contribution in [0.25, 0.3) is 0 Å². The zero-order chi connectivity index (χ0) is 17.6. The van der Waals surface area contributed by atoms with Crippen molar-refractivity contribution in [3.8, 4) is 0 Å². The van der Waals surface area contributed by atoms with E-state index in [2.05, 4.69) is 17.2 Å². The molecule has 0 aliphatic carbocycles. The summed E-state index contributed by atoms with van der Waals surface area (Å²) in [5.41, 5.74) is 18.5. The van der Waals surface area contributed by atoms with Crippen LogP contribution in [0.5, 0.6) is 0 Å². The Hall–Kier alpha value is -2.28. The van der Waals surface area contributed by atoms with Crippen LogP contribution in [0.1, 0.15) is 6.42 Å². The van der Waals surface area contributed by atoms with Crippen LogP contribution < -0.4 is 22.9 Å². The zero-order valence-corrected chi connectivity index (χ0v) is 11.0. The van der Waals surface area contributed by atoms with E-state index in [0.29, 0.717) is 0 Å². The Morgan fingerprint density at radius 1 is 1.05 bits per heavy atom. The number of hydrogen-bond acceptors (Lipinski definition) is 8. The molecule has 0 aromatic carbocycles. The molecule has 0 aliphatic rings. The maximum atomic E-state index is 10.00. The normalized spacial score (nSPS) is 11.6. The number of carbonyl (C=O) groups is 4. The molecule has 0 fully saturated rings. The number of carbonyl (C=O) groups excluding carboxylic acids is 2. The highest BCUT2D eigenvalue weighted by Gasteiger charge is 2.12. The molecule has 0 bridgehead atoms. The van der Waals surface area contributed by atoms with Crippen LogP contribution in [0.15, 0.2) is 0 Å². The minimum atomic E-state index is -1.44. The number of primary amides is 2. The van der Waals surface area contributed by atoms with Crippen LogP contribution in [0.3, 0.4) is 0 Å². The molecule has 0 aromatic heterocycles. The smallest absolute Gasteiger partial charge is 0.322 e. The maximum absolute atomic E-state index is 10.00. The van der Waals surface area contributed by atoms with E-state index >= 15 is 0 Å². The van der Waals surface area contributed by atoms with E-state index < -0.39 is 48.9 Å². The van der Waals surface area contributed by atoms with E-state index in [0.717, 1.165) is 0 Å². The Morgan fingerprint density at radius 3 is 1.48 bits per heavy atom. The number of carboxylic acids is 2. The van der Waals surface area contributed by atoms with Gasteiger partial charge in [0, 0.05) is 0 Å². The first kappa shape index (κ1) is 23.8. The van der Waals surface area contributed by atoms with E-state index in [1.54, 1.807) is 0 Å². The fourth-order valence-electron chi connectivity index (χ4n) is 0.369. The second kappa shape index (κ2) is 14.1. The van der Waals surface area contributed by atoms with Gasteiger partial charge in [-0.05, 0) is 0 Å². The highest BCUT2D eigenvalue weighted by atomic mass is 16.4. The molecular weight excluding hydrogens is 292 g/mol. The topological polar surface area (TPSA) is 253 Å². The zero-order valence-electron chi connectivity index (χ0n) is 11.0. The van der Waals surface area contributed by atoms with E-state index in [9.17, 15) is 19.2 Å². The Morgan fingerprint density at radius 2 is 1.43 bits per heavy atom. The lowest BCUT2D eigenvalue weighted by atomic mass is 10.2. The number of aliphatic hydroxyl groups is 2. The first-order valence-electron chi connectivity index (χ1n) is 5.26. The molecule has 1 unspecified atom stereocenters. The fourth-order valence-corrected chi connectivity index (χ4v) is 0.369. The van der Waals surface area contributed by atoms with Gasteiger partial charge in [0.15, 0.2) is 0 Å². The van der Waals surface area contributed by atoms with Crippen molar-refractivity contribution < 1.29 is 39.6 Å². The summed E-state index contributed by atoms with van der Waals surface area (Å²) in [4.78, 5) is 38.9. The fraction of sp³-hybridized carbons (Fsp3) is 0.556. The molecular formula is C9H20N4O8. The van der Waals surface area contributed by atoms with Crippen molar-refractivity contribution in [2.75, 3.05) is 13.2 Å². The van der Waals surface area contributed by atoms with Gasteiger partial charge in [0.1, 0.15) is 12.1 Å². The Kier molecular flexibility index (Phi) is 16.0. The molecule has 12 nitrogen and oxygen atoms in total. The largest absolute Gasteiger partial charge is 0.480 e. The van der Waals surface area contributed by atoms with Crippen LogP contribution in [0, 0.1) is 0 Å². The number of aliphatic hydroxyl groups excluding tert-OH is 2. The second-order valence-electron chi connectivity index (χ2n) is 3.31. The third-order valence-corrected chi connectivity index (χ3v) is 1.41. The van der Waals surface area contributed by atoms with E-state index in [1.807, 2.05) is 0 Å². The number of hydrogen-bond donors (Lipinski definition) is 8. The lowest BCUT2D eigenvalue weighted by Crippen LogP contribution is -2.33. The second-order valence-corrected chi connectivity index (χ2v) is 3.31. The summed E-state index contributed by atoms with van der Waals surface area (Å²) < 4.78 is 0. The van der Waals surface area contributed by atoms with Crippen LogP contribution in [0.4, 0.5) is 0 Å². The molecule has 124 valence electrons. The summed E-state index contributed by atoms with van der Waals surface area (Å²) in [6, 6.07) is -1.13. The molecule has 2 atom stereocenters. The van der Waals surface area contributed by atoms with Gasteiger partial charge in [-0.2, -0.15) is 0 Å². The van der Waals surface area contributed by atoms with Crippen molar-refractivity contribution >= 4 is 23.8 Å². The van der Waals surface area contributed by atoms with Crippen molar-refractivity contribution in [1.29, 1.82) is 0 Å². The molecule has 2 amide bonds. The van der Waals surface area contributed by atoms with E-state index in [4.69, 9.17) is 26.2 Å². The first-order chi connectivity index (χ1) is 9.49.